The van der Waals surface area contributed by atoms with E-state index in [0.717, 1.165) is 17.7 Å². The van der Waals surface area contributed by atoms with Gasteiger partial charge in [-0.25, -0.2) is 8.78 Å². The van der Waals surface area contributed by atoms with Crippen LogP contribution in [0.25, 0.3) is 0 Å². The third-order valence-electron chi connectivity index (χ3n) is 2.72. The minimum absolute atomic E-state index is 0.0467. The molecule has 0 radical (unpaired) electrons. The largest absolute Gasteiger partial charge is 0.374 e. The summed E-state index contributed by atoms with van der Waals surface area (Å²) in [6.45, 7) is 1.77. The molecule has 2 aromatic rings. The Morgan fingerprint density at radius 2 is 2.00 bits per heavy atom. The summed E-state index contributed by atoms with van der Waals surface area (Å²) in [6, 6.07) is 6.96. The molecule has 0 aliphatic heterocycles. The van der Waals surface area contributed by atoms with Crippen LogP contribution in [-0.2, 0) is 0 Å². The Kier molecular flexibility index (Phi) is 3.71. The van der Waals surface area contributed by atoms with E-state index in [2.05, 4.69) is 10.3 Å². The van der Waals surface area contributed by atoms with Gasteiger partial charge in [-0.3, -0.25) is 4.98 Å². The van der Waals surface area contributed by atoms with Crippen molar-refractivity contribution in [2.24, 2.45) is 0 Å². The Morgan fingerprint density at radius 1 is 1.32 bits per heavy atom. The van der Waals surface area contributed by atoms with Crippen LogP contribution in [0.1, 0.15) is 24.1 Å². The molecule has 1 atom stereocenters. The summed E-state index contributed by atoms with van der Waals surface area (Å²) in [7, 11) is 0. The Hall–Kier alpha value is -2.48. The van der Waals surface area contributed by atoms with Gasteiger partial charge in [0.15, 0.2) is 11.6 Å². The van der Waals surface area contributed by atoms with Crippen molar-refractivity contribution in [1.29, 1.82) is 5.26 Å². The lowest BCUT2D eigenvalue weighted by Crippen LogP contribution is -2.10. The third-order valence-corrected chi connectivity index (χ3v) is 2.72. The molecule has 0 saturated carbocycles. The van der Waals surface area contributed by atoms with Gasteiger partial charge >= 0.3 is 0 Å². The number of anilines is 1. The van der Waals surface area contributed by atoms with Crippen molar-refractivity contribution in [2.45, 2.75) is 13.0 Å². The van der Waals surface area contributed by atoms with E-state index >= 15 is 0 Å². The van der Waals surface area contributed by atoms with Gasteiger partial charge in [-0.1, -0.05) is 6.07 Å². The van der Waals surface area contributed by atoms with Crippen molar-refractivity contribution < 1.29 is 8.78 Å². The first-order valence-corrected chi connectivity index (χ1v) is 5.67. The summed E-state index contributed by atoms with van der Waals surface area (Å²) < 4.78 is 27.4. The zero-order valence-corrected chi connectivity index (χ0v) is 10.2. The van der Waals surface area contributed by atoms with Crippen LogP contribution in [0.5, 0.6) is 0 Å². The van der Waals surface area contributed by atoms with Crippen LogP contribution in [-0.4, -0.2) is 4.98 Å². The van der Waals surface area contributed by atoms with Crippen LogP contribution in [0.15, 0.2) is 36.7 Å². The highest BCUT2D eigenvalue weighted by Crippen LogP contribution is 2.25. The van der Waals surface area contributed by atoms with E-state index in [9.17, 15) is 8.78 Å². The van der Waals surface area contributed by atoms with E-state index in [4.69, 9.17) is 5.26 Å². The van der Waals surface area contributed by atoms with Crippen molar-refractivity contribution in [2.75, 3.05) is 5.32 Å². The molecule has 0 fully saturated rings. The number of hydrogen-bond donors (Lipinski definition) is 1. The Labute approximate surface area is 109 Å². The highest BCUT2D eigenvalue weighted by molar-refractivity contribution is 5.51. The Balaban J connectivity index is 2.27. The Morgan fingerprint density at radius 3 is 2.53 bits per heavy atom. The predicted molar refractivity (Wildman–Crippen MR) is 67.3 cm³/mol. The number of nitrogens with zero attached hydrogens (tertiary/aromatic N) is 2. The average Bonchev–Trinajstić information content (AvgIpc) is 2.43. The van der Waals surface area contributed by atoms with E-state index in [0.29, 0.717) is 0 Å². The highest BCUT2D eigenvalue weighted by atomic mass is 19.1. The van der Waals surface area contributed by atoms with Gasteiger partial charge in [0, 0.05) is 12.4 Å². The third kappa shape index (κ3) is 2.86. The van der Waals surface area contributed by atoms with Gasteiger partial charge in [0.2, 0.25) is 0 Å². The normalized spacial score (nSPS) is 11.7. The molecule has 5 heteroatoms. The molecule has 0 aliphatic carbocycles. The van der Waals surface area contributed by atoms with Gasteiger partial charge in [0.05, 0.1) is 17.7 Å². The van der Waals surface area contributed by atoms with Gasteiger partial charge in [-0.2, -0.15) is 5.26 Å². The number of aromatic nitrogens is 1. The van der Waals surface area contributed by atoms with E-state index in [1.807, 2.05) is 6.07 Å². The molecule has 0 spiro atoms. The van der Waals surface area contributed by atoms with E-state index in [1.54, 1.807) is 31.5 Å². The second kappa shape index (κ2) is 5.44. The second-order valence-electron chi connectivity index (χ2n) is 4.08. The lowest BCUT2D eigenvalue weighted by Gasteiger charge is -2.16. The standard InChI is InChI=1S/C14H11F2N3/c1-9(11-3-2-4-18-8-11)19-14-12(15)5-10(7-17)6-13(14)16/h2-6,8-9,19H,1H3. The minimum Gasteiger partial charge on any atom is -0.374 e. The molecule has 0 aliphatic rings. The molecule has 1 heterocycles. The van der Waals surface area contributed by atoms with E-state index in [-0.39, 0.29) is 17.3 Å². The van der Waals surface area contributed by atoms with Gasteiger partial charge in [-0.15, -0.1) is 0 Å². The van der Waals surface area contributed by atoms with Crippen LogP contribution in [0.2, 0.25) is 0 Å². The molecule has 2 rings (SSSR count). The van der Waals surface area contributed by atoms with Gasteiger partial charge in [0.25, 0.3) is 0 Å². The van der Waals surface area contributed by atoms with E-state index in [1.165, 1.54) is 0 Å². The SMILES string of the molecule is CC(Nc1c(F)cc(C#N)cc1F)c1cccnc1. The van der Waals surface area contributed by atoms with Crippen LogP contribution in [0.3, 0.4) is 0 Å². The quantitative estimate of drug-likeness (QED) is 0.918. The molecule has 1 unspecified atom stereocenters. The van der Waals surface area contributed by atoms with Crippen LogP contribution >= 0.6 is 0 Å². The van der Waals surface area contributed by atoms with Gasteiger partial charge in [-0.05, 0) is 30.7 Å². The fourth-order valence-electron chi connectivity index (χ4n) is 1.71. The first-order valence-electron chi connectivity index (χ1n) is 5.67. The monoisotopic (exact) mass is 259 g/mol. The lowest BCUT2D eigenvalue weighted by atomic mass is 10.1. The summed E-state index contributed by atoms with van der Waals surface area (Å²) in [5.41, 5.74) is 0.524. The van der Waals surface area contributed by atoms with Crippen LogP contribution in [0.4, 0.5) is 14.5 Å². The summed E-state index contributed by atoms with van der Waals surface area (Å²) in [5.74, 6) is -1.57. The number of halogens is 2. The smallest absolute Gasteiger partial charge is 0.150 e. The fourth-order valence-corrected chi connectivity index (χ4v) is 1.71. The van der Waals surface area contributed by atoms with Crippen LogP contribution in [0, 0.1) is 23.0 Å². The zero-order chi connectivity index (χ0) is 13.8. The maximum absolute atomic E-state index is 13.7. The molecule has 1 aromatic heterocycles. The molecular weight excluding hydrogens is 248 g/mol. The number of pyridine rings is 1. The number of benzene rings is 1. The molecule has 0 saturated heterocycles. The maximum Gasteiger partial charge on any atom is 0.150 e. The van der Waals surface area contributed by atoms with Crippen molar-refractivity contribution in [3.63, 3.8) is 0 Å². The number of nitrogens with one attached hydrogen (secondary N) is 1. The number of nitriles is 1. The maximum atomic E-state index is 13.7. The molecule has 0 bridgehead atoms. The summed E-state index contributed by atoms with van der Waals surface area (Å²) >= 11 is 0. The summed E-state index contributed by atoms with van der Waals surface area (Å²) in [5, 5.41) is 11.4. The summed E-state index contributed by atoms with van der Waals surface area (Å²) in [6.07, 6.45) is 3.25. The highest BCUT2D eigenvalue weighted by Gasteiger charge is 2.14. The van der Waals surface area contributed by atoms with E-state index < -0.39 is 11.6 Å². The van der Waals surface area contributed by atoms with Crippen molar-refractivity contribution >= 4 is 5.69 Å². The van der Waals surface area contributed by atoms with Gasteiger partial charge in [0.1, 0.15) is 5.69 Å². The fraction of sp³-hybridized carbons (Fsp3) is 0.143. The number of rotatable bonds is 3. The first-order chi connectivity index (χ1) is 9.11. The molecule has 1 aromatic carbocycles. The van der Waals surface area contributed by atoms with Gasteiger partial charge < -0.3 is 5.32 Å². The lowest BCUT2D eigenvalue weighted by molar-refractivity contribution is 0.583. The molecule has 96 valence electrons. The zero-order valence-electron chi connectivity index (χ0n) is 10.2. The molecular formula is C14H11F2N3. The Bertz CT molecular complexity index is 597. The number of hydrogen-bond acceptors (Lipinski definition) is 3. The van der Waals surface area contributed by atoms with Crippen molar-refractivity contribution in [3.8, 4) is 6.07 Å². The minimum atomic E-state index is -0.785. The average molecular weight is 259 g/mol. The predicted octanol–water partition coefficient (Wildman–Crippen LogP) is 3.40. The van der Waals surface area contributed by atoms with Crippen LogP contribution < -0.4 is 5.32 Å². The molecule has 19 heavy (non-hydrogen) atoms. The van der Waals surface area contributed by atoms with Crippen molar-refractivity contribution in [1.82, 2.24) is 4.98 Å². The first kappa shape index (κ1) is 13.0. The topological polar surface area (TPSA) is 48.7 Å². The molecule has 3 nitrogen and oxygen atoms in total. The second-order valence-corrected chi connectivity index (χ2v) is 4.08. The molecule has 0 amide bonds. The molecule has 1 N–H and O–H groups in total. The summed E-state index contributed by atoms with van der Waals surface area (Å²) in [4.78, 5) is 3.95. The van der Waals surface area contributed by atoms with Crippen molar-refractivity contribution in [3.05, 3.63) is 59.4 Å².